The molecule has 1 unspecified atom stereocenters. The van der Waals surface area contributed by atoms with E-state index < -0.39 is 5.60 Å². The molecule has 0 bridgehead atoms. The number of amides is 1. The molecule has 1 aromatic heterocycles. The lowest BCUT2D eigenvalue weighted by atomic mass is 9.88. The van der Waals surface area contributed by atoms with Crippen LogP contribution in [0.4, 0.5) is 0 Å². The summed E-state index contributed by atoms with van der Waals surface area (Å²) < 4.78 is 6.33. The molecule has 2 fully saturated rings. The number of ether oxygens (including phenoxy) is 1. The molecule has 3 rings (SSSR count). The molecule has 7 nitrogen and oxygen atoms in total. The number of nitrogens with zero attached hydrogens (tertiary/aromatic N) is 4. The Morgan fingerprint density at radius 3 is 2.76 bits per heavy atom. The van der Waals surface area contributed by atoms with Gasteiger partial charge in [-0.2, -0.15) is 22.0 Å². The zero-order valence-corrected chi connectivity index (χ0v) is 15.8. The smallest absolute Gasteiger partial charge is 0.255 e. The molecule has 138 valence electrons. The fourth-order valence-electron chi connectivity index (χ4n) is 3.86. The molecule has 1 N–H and O–H groups in total. The molecule has 0 aromatic carbocycles. The summed E-state index contributed by atoms with van der Waals surface area (Å²) in [5.41, 5.74) is -0.204. The first-order valence-electron chi connectivity index (χ1n) is 8.48. The monoisotopic (exact) mass is 366 g/mol. The minimum Gasteiger partial charge on any atom is -0.391 e. The zero-order valence-electron chi connectivity index (χ0n) is 15.0. The molecular formula is C17H26N4O3S. The predicted octanol–water partition coefficient (Wildman–Crippen LogP) is 0.506. The van der Waals surface area contributed by atoms with Crippen molar-refractivity contribution in [1.82, 2.24) is 20.0 Å². The highest BCUT2D eigenvalue weighted by atomic mass is 32.2. The third-order valence-electron chi connectivity index (χ3n) is 4.51. The van der Waals surface area contributed by atoms with Crippen LogP contribution < -0.4 is 0 Å². The van der Waals surface area contributed by atoms with Crippen molar-refractivity contribution in [2.24, 2.45) is 0 Å². The van der Waals surface area contributed by atoms with Crippen molar-refractivity contribution in [1.29, 1.82) is 0 Å². The number of aromatic nitrogens is 2. The summed E-state index contributed by atoms with van der Waals surface area (Å²) in [5.74, 6) is 0.696. The lowest BCUT2D eigenvalue weighted by Crippen LogP contribution is -2.74. The van der Waals surface area contributed by atoms with Gasteiger partial charge in [-0.3, -0.25) is 9.69 Å². The maximum absolute atomic E-state index is 12.8. The lowest BCUT2D eigenvalue weighted by molar-refractivity contribution is -0.242. The molecule has 3 heterocycles. The molecule has 2 aliphatic heterocycles. The Morgan fingerprint density at radius 2 is 2.12 bits per heavy atom. The molecule has 8 heteroatoms. The number of rotatable bonds is 5. The summed E-state index contributed by atoms with van der Waals surface area (Å²) in [7, 11) is 0. The highest BCUT2D eigenvalue weighted by Crippen LogP contribution is 2.36. The first-order valence-corrected chi connectivity index (χ1v) is 9.87. The summed E-state index contributed by atoms with van der Waals surface area (Å²) in [6, 6.07) is 1.69. The van der Waals surface area contributed by atoms with Gasteiger partial charge in [0.1, 0.15) is 5.60 Å². The number of aliphatic hydroxyl groups excluding tert-OH is 1. The van der Waals surface area contributed by atoms with Gasteiger partial charge in [-0.15, -0.1) is 0 Å². The predicted molar refractivity (Wildman–Crippen MR) is 96.7 cm³/mol. The van der Waals surface area contributed by atoms with Crippen LogP contribution in [0.3, 0.4) is 0 Å². The first kappa shape index (κ1) is 18.6. The van der Waals surface area contributed by atoms with Crippen LogP contribution >= 0.6 is 11.8 Å². The lowest BCUT2D eigenvalue weighted by Gasteiger charge is -2.58. The molecule has 1 aromatic rings. The van der Waals surface area contributed by atoms with Crippen LogP contribution in [0, 0.1) is 0 Å². The number of thioether (sulfide) groups is 1. The van der Waals surface area contributed by atoms with E-state index in [1.807, 2.05) is 25.0 Å². The zero-order chi connectivity index (χ0) is 18.1. The number of carbonyl (C=O) groups is 1. The van der Waals surface area contributed by atoms with Gasteiger partial charge in [-0.25, -0.2) is 0 Å². The van der Waals surface area contributed by atoms with Crippen molar-refractivity contribution < 1.29 is 14.6 Å². The number of morpholine rings is 1. The van der Waals surface area contributed by atoms with Crippen molar-refractivity contribution in [3.63, 3.8) is 0 Å². The molecule has 0 saturated carbocycles. The van der Waals surface area contributed by atoms with Gasteiger partial charge in [0.2, 0.25) is 0 Å². The third kappa shape index (κ3) is 4.31. The third-order valence-corrected chi connectivity index (χ3v) is 5.23. The van der Waals surface area contributed by atoms with Crippen molar-refractivity contribution in [3.8, 4) is 0 Å². The average molecular weight is 366 g/mol. The average Bonchev–Trinajstić information content (AvgIpc) is 2.52. The summed E-state index contributed by atoms with van der Waals surface area (Å²) in [6.07, 6.45) is 4.70. The Hall–Kier alpha value is -1.22. The van der Waals surface area contributed by atoms with Crippen LogP contribution in [0.1, 0.15) is 24.2 Å². The number of hydrogen-bond acceptors (Lipinski definition) is 7. The van der Waals surface area contributed by atoms with E-state index in [9.17, 15) is 9.90 Å². The number of hydrogen-bond donors (Lipinski definition) is 1. The second-order valence-corrected chi connectivity index (χ2v) is 8.53. The van der Waals surface area contributed by atoms with Gasteiger partial charge in [-0.1, -0.05) is 0 Å². The van der Waals surface area contributed by atoms with E-state index in [4.69, 9.17) is 4.74 Å². The Kier molecular flexibility index (Phi) is 5.34. The summed E-state index contributed by atoms with van der Waals surface area (Å²) in [6.45, 7) is 7.27. The molecule has 1 spiro atoms. The van der Waals surface area contributed by atoms with Crippen LogP contribution in [0.2, 0.25) is 0 Å². The van der Waals surface area contributed by atoms with Gasteiger partial charge in [0.25, 0.3) is 5.91 Å². The van der Waals surface area contributed by atoms with Crippen molar-refractivity contribution in [3.05, 3.63) is 24.0 Å². The quantitative estimate of drug-likeness (QED) is 0.813. The molecular weight excluding hydrogens is 340 g/mol. The Balaban J connectivity index is 1.65. The van der Waals surface area contributed by atoms with E-state index in [0.717, 1.165) is 18.8 Å². The molecule has 25 heavy (non-hydrogen) atoms. The summed E-state index contributed by atoms with van der Waals surface area (Å²) in [4.78, 5) is 16.9. The molecule has 2 saturated heterocycles. The fourth-order valence-corrected chi connectivity index (χ4v) is 4.35. The van der Waals surface area contributed by atoms with E-state index in [1.165, 1.54) is 12.4 Å². The van der Waals surface area contributed by atoms with Crippen molar-refractivity contribution in [2.75, 3.05) is 44.7 Å². The fraction of sp³-hybridized carbons (Fsp3) is 0.706. The minimum absolute atomic E-state index is 0.0356. The maximum Gasteiger partial charge on any atom is 0.255 e. The highest BCUT2D eigenvalue weighted by molar-refractivity contribution is 7.98. The van der Waals surface area contributed by atoms with E-state index in [1.54, 1.807) is 17.8 Å². The van der Waals surface area contributed by atoms with Crippen LogP contribution in [-0.2, 0) is 4.74 Å². The van der Waals surface area contributed by atoms with Gasteiger partial charge in [0.15, 0.2) is 0 Å². The maximum atomic E-state index is 12.8. The van der Waals surface area contributed by atoms with Gasteiger partial charge in [-0.05, 0) is 26.2 Å². The highest BCUT2D eigenvalue weighted by Gasteiger charge is 2.52. The Labute approximate surface area is 152 Å². The van der Waals surface area contributed by atoms with Crippen molar-refractivity contribution in [2.45, 2.75) is 31.2 Å². The summed E-state index contributed by atoms with van der Waals surface area (Å²) in [5, 5.41) is 17.5. The molecule has 1 amide bonds. The molecule has 0 aliphatic carbocycles. The first-order chi connectivity index (χ1) is 11.8. The van der Waals surface area contributed by atoms with Crippen LogP contribution in [-0.4, -0.2) is 93.0 Å². The van der Waals surface area contributed by atoms with E-state index in [0.29, 0.717) is 25.2 Å². The van der Waals surface area contributed by atoms with E-state index >= 15 is 0 Å². The topological polar surface area (TPSA) is 78.8 Å². The largest absolute Gasteiger partial charge is 0.391 e. The van der Waals surface area contributed by atoms with Crippen molar-refractivity contribution >= 4 is 17.7 Å². The van der Waals surface area contributed by atoms with Gasteiger partial charge >= 0.3 is 0 Å². The molecule has 0 radical (unpaired) electrons. The Bertz CT molecular complexity index is 607. The van der Waals surface area contributed by atoms with Crippen LogP contribution in [0.5, 0.6) is 0 Å². The SMILES string of the molecule is CSCC(O)CN1CC2(C1)CN(C(=O)c1ccnnc1)CC(C)(C)O2. The van der Waals surface area contributed by atoms with Gasteiger partial charge in [0, 0.05) is 31.9 Å². The second kappa shape index (κ2) is 7.19. The molecule has 2 aliphatic rings. The number of aliphatic hydroxyl groups is 1. The minimum atomic E-state index is -0.404. The summed E-state index contributed by atoms with van der Waals surface area (Å²) >= 11 is 1.64. The number of likely N-dealkylation sites (tertiary alicyclic amines) is 1. The van der Waals surface area contributed by atoms with Crippen LogP contribution in [0.15, 0.2) is 18.5 Å². The normalized spacial score (nSPS) is 23.3. The standard InChI is InChI=1S/C17H26N4O3S/c1-16(2)9-21(15(23)13-4-5-18-19-6-13)12-17(24-16)10-20(11-17)7-14(22)8-25-3/h4-6,14,22H,7-12H2,1-3H3. The Morgan fingerprint density at radius 1 is 1.36 bits per heavy atom. The van der Waals surface area contributed by atoms with E-state index in [-0.39, 0.29) is 17.6 Å². The van der Waals surface area contributed by atoms with Gasteiger partial charge < -0.3 is 14.7 Å². The second-order valence-electron chi connectivity index (χ2n) is 7.62. The van der Waals surface area contributed by atoms with Crippen LogP contribution in [0.25, 0.3) is 0 Å². The number of β-amino-alcohol motifs (C(OH)–C–C–N with tert-alkyl or cyclic N) is 1. The molecule has 1 atom stereocenters. The van der Waals surface area contributed by atoms with Gasteiger partial charge in [0.05, 0.1) is 36.2 Å². The number of carbonyl (C=O) groups excluding carboxylic acids is 1. The van der Waals surface area contributed by atoms with E-state index in [2.05, 4.69) is 15.1 Å².